The highest BCUT2D eigenvalue weighted by Gasteiger charge is 2.40. The first kappa shape index (κ1) is 15.5. The Morgan fingerprint density at radius 3 is 2.75 bits per heavy atom. The monoisotopic (exact) mass is 330 g/mol. The summed E-state index contributed by atoms with van der Waals surface area (Å²) in [7, 11) is 0. The molecule has 1 atom stereocenters. The fourth-order valence-electron chi connectivity index (χ4n) is 3.38. The van der Waals surface area contributed by atoms with Crippen LogP contribution in [0.1, 0.15) is 29.1 Å². The second kappa shape index (κ2) is 6.10. The van der Waals surface area contributed by atoms with Crippen molar-refractivity contribution in [1.82, 2.24) is 25.0 Å². The van der Waals surface area contributed by atoms with Gasteiger partial charge >= 0.3 is 0 Å². The third-order valence-electron chi connectivity index (χ3n) is 4.68. The van der Waals surface area contributed by atoms with Crippen LogP contribution in [0.2, 0.25) is 0 Å². The van der Waals surface area contributed by atoms with Crippen molar-refractivity contribution >= 4 is 5.82 Å². The molecule has 0 aromatic carbocycles. The van der Waals surface area contributed by atoms with E-state index < -0.39 is 0 Å². The Hall–Kier alpha value is -2.06. The van der Waals surface area contributed by atoms with Crippen LogP contribution < -0.4 is 4.90 Å². The standard InChI is InChI=1S/C16H22N6O2/c1-10-6-17-11(2)15(18-10)21-7-13(8-21)22-4-5-23-9-14(22)16-19-12(3)20-24-16/h6,13-14H,4-5,7-9H2,1-3H3. The van der Waals surface area contributed by atoms with E-state index in [1.165, 1.54) is 0 Å². The summed E-state index contributed by atoms with van der Waals surface area (Å²) in [5, 5.41) is 3.92. The van der Waals surface area contributed by atoms with Crippen molar-refractivity contribution in [2.75, 3.05) is 37.7 Å². The number of ether oxygens (including phenoxy) is 1. The summed E-state index contributed by atoms with van der Waals surface area (Å²) in [6, 6.07) is 0.476. The van der Waals surface area contributed by atoms with E-state index in [9.17, 15) is 0 Å². The maximum atomic E-state index is 5.64. The van der Waals surface area contributed by atoms with Crippen molar-refractivity contribution in [2.24, 2.45) is 0 Å². The first-order valence-electron chi connectivity index (χ1n) is 8.30. The lowest BCUT2D eigenvalue weighted by molar-refractivity contribution is -0.0462. The molecule has 0 saturated carbocycles. The van der Waals surface area contributed by atoms with Crippen molar-refractivity contribution in [3.8, 4) is 0 Å². The molecule has 4 rings (SSSR count). The zero-order valence-electron chi connectivity index (χ0n) is 14.3. The van der Waals surface area contributed by atoms with Crippen LogP contribution >= 0.6 is 0 Å². The van der Waals surface area contributed by atoms with E-state index in [-0.39, 0.29) is 6.04 Å². The minimum atomic E-state index is 0.0387. The molecule has 0 aliphatic carbocycles. The predicted octanol–water partition coefficient (Wildman–Crippen LogP) is 1.05. The molecule has 2 aliphatic rings. The quantitative estimate of drug-likeness (QED) is 0.826. The summed E-state index contributed by atoms with van der Waals surface area (Å²) in [6.45, 7) is 9.90. The number of nitrogens with zero attached hydrogens (tertiary/aromatic N) is 6. The van der Waals surface area contributed by atoms with Crippen LogP contribution in [0.4, 0.5) is 5.82 Å². The Kier molecular flexibility index (Phi) is 3.93. The number of morpholine rings is 1. The Balaban J connectivity index is 1.47. The minimum Gasteiger partial charge on any atom is -0.378 e. The molecule has 2 aromatic heterocycles. The van der Waals surface area contributed by atoms with E-state index in [0.717, 1.165) is 43.4 Å². The van der Waals surface area contributed by atoms with Gasteiger partial charge in [0.25, 0.3) is 0 Å². The molecule has 24 heavy (non-hydrogen) atoms. The number of rotatable bonds is 3. The van der Waals surface area contributed by atoms with E-state index in [1.54, 1.807) is 0 Å². The first-order valence-corrected chi connectivity index (χ1v) is 8.30. The normalized spacial score (nSPS) is 22.6. The summed E-state index contributed by atoms with van der Waals surface area (Å²) in [5.74, 6) is 2.30. The SMILES string of the molecule is Cc1cnc(C)c(N2CC(N3CCOCC3c3nc(C)no3)C2)n1. The van der Waals surface area contributed by atoms with Crippen LogP contribution in [0.25, 0.3) is 0 Å². The summed E-state index contributed by atoms with van der Waals surface area (Å²) in [6.07, 6.45) is 1.81. The fraction of sp³-hybridized carbons (Fsp3) is 0.625. The van der Waals surface area contributed by atoms with Gasteiger partial charge in [-0.15, -0.1) is 0 Å². The second-order valence-electron chi connectivity index (χ2n) is 6.49. The van der Waals surface area contributed by atoms with Gasteiger partial charge in [0.2, 0.25) is 5.89 Å². The van der Waals surface area contributed by atoms with Gasteiger partial charge in [-0.05, 0) is 20.8 Å². The summed E-state index contributed by atoms with van der Waals surface area (Å²) in [4.78, 5) is 18.1. The highest BCUT2D eigenvalue weighted by Crippen LogP contribution is 2.31. The van der Waals surface area contributed by atoms with E-state index >= 15 is 0 Å². The third kappa shape index (κ3) is 2.76. The Labute approximate surface area is 140 Å². The molecule has 128 valence electrons. The number of anilines is 1. The van der Waals surface area contributed by atoms with Gasteiger partial charge in [-0.3, -0.25) is 9.88 Å². The lowest BCUT2D eigenvalue weighted by Gasteiger charge is -2.49. The largest absolute Gasteiger partial charge is 0.378 e. The van der Waals surface area contributed by atoms with Crippen LogP contribution in [-0.4, -0.2) is 63.9 Å². The van der Waals surface area contributed by atoms with Crippen LogP contribution in [-0.2, 0) is 4.74 Å². The van der Waals surface area contributed by atoms with Crippen molar-refractivity contribution in [1.29, 1.82) is 0 Å². The van der Waals surface area contributed by atoms with Crippen LogP contribution in [0.15, 0.2) is 10.7 Å². The molecule has 0 spiro atoms. The van der Waals surface area contributed by atoms with E-state index in [2.05, 4.69) is 29.9 Å². The summed E-state index contributed by atoms with van der Waals surface area (Å²) < 4.78 is 11.0. The maximum Gasteiger partial charge on any atom is 0.246 e. The van der Waals surface area contributed by atoms with Crippen molar-refractivity contribution in [3.05, 3.63) is 29.3 Å². The Morgan fingerprint density at radius 1 is 1.17 bits per heavy atom. The molecule has 0 N–H and O–H groups in total. The van der Waals surface area contributed by atoms with E-state index in [4.69, 9.17) is 9.26 Å². The maximum absolute atomic E-state index is 5.64. The first-order chi connectivity index (χ1) is 11.6. The summed E-state index contributed by atoms with van der Waals surface area (Å²) >= 11 is 0. The molecular formula is C16H22N6O2. The zero-order valence-corrected chi connectivity index (χ0v) is 14.3. The third-order valence-corrected chi connectivity index (χ3v) is 4.68. The smallest absolute Gasteiger partial charge is 0.246 e. The molecule has 4 heterocycles. The van der Waals surface area contributed by atoms with Crippen molar-refractivity contribution in [3.63, 3.8) is 0 Å². The Morgan fingerprint density at radius 2 is 2.00 bits per heavy atom. The topological polar surface area (TPSA) is 80.4 Å². The van der Waals surface area contributed by atoms with E-state index in [0.29, 0.717) is 24.4 Å². The lowest BCUT2D eigenvalue weighted by Crippen LogP contribution is -2.62. The molecule has 8 nitrogen and oxygen atoms in total. The number of aryl methyl sites for hydroxylation is 3. The van der Waals surface area contributed by atoms with Gasteiger partial charge in [0.15, 0.2) is 5.82 Å². The molecule has 8 heteroatoms. The van der Waals surface area contributed by atoms with Gasteiger partial charge in [-0.25, -0.2) is 4.98 Å². The molecule has 0 amide bonds. The van der Waals surface area contributed by atoms with Crippen LogP contribution in [0.5, 0.6) is 0 Å². The highest BCUT2D eigenvalue weighted by molar-refractivity contribution is 5.46. The molecule has 2 aromatic rings. The molecule has 0 bridgehead atoms. The predicted molar refractivity (Wildman–Crippen MR) is 86.8 cm³/mol. The van der Waals surface area contributed by atoms with Crippen LogP contribution in [0, 0.1) is 20.8 Å². The molecular weight excluding hydrogens is 308 g/mol. The van der Waals surface area contributed by atoms with Crippen molar-refractivity contribution in [2.45, 2.75) is 32.9 Å². The number of hydrogen-bond acceptors (Lipinski definition) is 8. The fourth-order valence-corrected chi connectivity index (χ4v) is 3.38. The second-order valence-corrected chi connectivity index (χ2v) is 6.49. The number of hydrogen-bond donors (Lipinski definition) is 0. The Bertz CT molecular complexity index is 727. The molecule has 1 unspecified atom stereocenters. The molecule has 0 radical (unpaired) electrons. The van der Waals surface area contributed by atoms with Gasteiger partial charge in [-0.1, -0.05) is 5.16 Å². The van der Waals surface area contributed by atoms with Gasteiger partial charge in [0, 0.05) is 31.9 Å². The minimum absolute atomic E-state index is 0.0387. The average Bonchev–Trinajstić information content (AvgIpc) is 2.96. The van der Waals surface area contributed by atoms with Gasteiger partial charge in [-0.2, -0.15) is 4.98 Å². The molecule has 2 fully saturated rings. The van der Waals surface area contributed by atoms with Gasteiger partial charge in [0.05, 0.1) is 24.6 Å². The zero-order chi connectivity index (χ0) is 16.7. The van der Waals surface area contributed by atoms with Crippen LogP contribution in [0.3, 0.4) is 0 Å². The molecule has 2 aliphatic heterocycles. The van der Waals surface area contributed by atoms with Gasteiger partial charge in [0.1, 0.15) is 11.9 Å². The van der Waals surface area contributed by atoms with E-state index in [1.807, 2.05) is 27.0 Å². The average molecular weight is 330 g/mol. The number of aromatic nitrogens is 4. The summed E-state index contributed by atoms with van der Waals surface area (Å²) in [5.41, 5.74) is 1.93. The lowest BCUT2D eigenvalue weighted by atomic mass is 10.0. The molecule has 2 saturated heterocycles. The van der Waals surface area contributed by atoms with Gasteiger partial charge < -0.3 is 14.2 Å². The van der Waals surface area contributed by atoms with Crippen molar-refractivity contribution < 1.29 is 9.26 Å². The highest BCUT2D eigenvalue weighted by atomic mass is 16.5.